The molecule has 0 saturated carbocycles. The van der Waals surface area contributed by atoms with Gasteiger partial charge in [0, 0.05) is 11.4 Å². The topological polar surface area (TPSA) is 12.0 Å². The van der Waals surface area contributed by atoms with Gasteiger partial charge in [-0.1, -0.05) is 50.2 Å². The summed E-state index contributed by atoms with van der Waals surface area (Å²) in [6.45, 7) is 4.55. The number of anilines is 2. The Kier molecular flexibility index (Phi) is 8.05. The van der Waals surface area contributed by atoms with E-state index in [2.05, 4.69) is 19.2 Å². The van der Waals surface area contributed by atoms with E-state index >= 15 is 0 Å². The lowest BCUT2D eigenvalue weighted by Crippen LogP contribution is -1.87. The quantitative estimate of drug-likeness (QED) is 0.779. The molecule has 0 fully saturated rings. The molecule has 0 aromatic heterocycles. The third kappa shape index (κ3) is 6.49. The molecule has 0 heterocycles. The Morgan fingerprint density at radius 2 is 1.11 bits per heavy atom. The summed E-state index contributed by atoms with van der Waals surface area (Å²) in [5.41, 5.74) is 2.24. The first kappa shape index (κ1) is 14.8. The zero-order valence-corrected chi connectivity index (χ0v) is 12.8. The average molecular weight is 255 g/mol. The summed E-state index contributed by atoms with van der Waals surface area (Å²) in [6.07, 6.45) is 0. The van der Waals surface area contributed by atoms with Crippen LogP contribution < -0.4 is 5.32 Å². The molecule has 2 aromatic carbocycles. The molecular weight excluding hydrogens is 233 g/mol. The van der Waals surface area contributed by atoms with E-state index in [1.54, 1.807) is 0 Å². The molecule has 0 aliphatic carbocycles. The van der Waals surface area contributed by atoms with Gasteiger partial charge in [-0.3, -0.25) is 0 Å². The minimum absolute atomic E-state index is 0.432. The van der Waals surface area contributed by atoms with Crippen LogP contribution in [0.4, 0.5) is 11.4 Å². The molecule has 0 aliphatic rings. The Hall–Kier alpha value is -1.23. The van der Waals surface area contributed by atoms with Crippen LogP contribution in [0.2, 0.25) is 10.6 Å². The summed E-state index contributed by atoms with van der Waals surface area (Å²) in [5, 5.41) is 6.27. The van der Waals surface area contributed by atoms with Crippen molar-refractivity contribution in [3.8, 4) is 0 Å². The van der Waals surface area contributed by atoms with Crippen molar-refractivity contribution in [2.45, 2.75) is 24.4 Å². The molecule has 0 saturated heterocycles. The van der Waals surface area contributed by atoms with Gasteiger partial charge in [-0.2, -0.15) is 0 Å². The van der Waals surface area contributed by atoms with Gasteiger partial charge in [0.1, 0.15) is 0 Å². The van der Waals surface area contributed by atoms with Crippen LogP contribution in [-0.4, -0.2) is 15.2 Å². The highest BCUT2D eigenvalue weighted by Gasteiger charge is 1.89. The van der Waals surface area contributed by atoms with Gasteiger partial charge in [-0.05, 0) is 24.3 Å². The van der Waals surface area contributed by atoms with Gasteiger partial charge < -0.3 is 5.32 Å². The van der Waals surface area contributed by atoms with Crippen LogP contribution >= 0.6 is 0 Å². The Balaban J connectivity index is 0.000000280. The fourth-order valence-electron chi connectivity index (χ4n) is 1.56. The second kappa shape index (κ2) is 9.77. The second-order valence-electron chi connectivity index (χ2n) is 4.21. The summed E-state index contributed by atoms with van der Waals surface area (Å²) < 4.78 is 0. The molecule has 1 N–H and O–H groups in total. The Bertz CT molecular complexity index is 360. The van der Waals surface area contributed by atoms with Crippen LogP contribution in [0.5, 0.6) is 0 Å². The second-order valence-corrected chi connectivity index (χ2v) is 6.92. The highest BCUT2D eigenvalue weighted by atomic mass is 27.1. The predicted molar refractivity (Wildman–Crippen MR) is 84.3 cm³/mol. The standard InChI is InChI=1S/C12H11N.2C2H5.Al.H/c1-3-7-11(8-4-1)13-12-9-5-2-6-10-12;2*1-2;;/h1-10,13H;2*1H2,2H3;;. The highest BCUT2D eigenvalue weighted by Crippen LogP contribution is 2.14. The van der Waals surface area contributed by atoms with E-state index in [1.807, 2.05) is 60.7 Å². The minimum atomic E-state index is 0.432. The van der Waals surface area contributed by atoms with E-state index in [0.717, 1.165) is 11.4 Å². The first-order valence-corrected chi connectivity index (χ1v) is 8.74. The van der Waals surface area contributed by atoms with Crippen LogP contribution in [0.25, 0.3) is 0 Å². The van der Waals surface area contributed by atoms with Crippen LogP contribution in [-0.2, 0) is 0 Å². The van der Waals surface area contributed by atoms with Crippen molar-refractivity contribution in [3.05, 3.63) is 60.7 Å². The highest BCUT2D eigenvalue weighted by molar-refractivity contribution is 6.34. The molecule has 0 radical (unpaired) electrons. The fraction of sp³-hybridized carbons (Fsp3) is 0.250. The van der Waals surface area contributed by atoms with Crippen molar-refractivity contribution in [1.82, 2.24) is 0 Å². The molecule has 2 aromatic rings. The molecule has 18 heavy (non-hydrogen) atoms. The molecule has 0 spiro atoms. The molecule has 2 rings (SSSR count). The van der Waals surface area contributed by atoms with Crippen LogP contribution in [0.15, 0.2) is 60.7 Å². The summed E-state index contributed by atoms with van der Waals surface area (Å²) in [7, 11) is 0. The summed E-state index contributed by atoms with van der Waals surface area (Å²) in [4.78, 5) is 0. The maximum atomic E-state index is 3.30. The third-order valence-corrected chi connectivity index (χ3v) is 3.96. The Morgan fingerprint density at radius 3 is 1.39 bits per heavy atom. The van der Waals surface area contributed by atoms with Crippen molar-refractivity contribution in [2.75, 3.05) is 5.32 Å². The van der Waals surface area contributed by atoms with Crippen molar-refractivity contribution < 1.29 is 0 Å². The first-order valence-electron chi connectivity index (χ1n) is 6.74. The van der Waals surface area contributed by atoms with Gasteiger partial charge in [0.05, 0.1) is 0 Å². The van der Waals surface area contributed by atoms with Crippen LogP contribution in [0.3, 0.4) is 0 Å². The lowest BCUT2D eigenvalue weighted by atomic mass is 10.3. The molecular formula is C16H22AlN. The molecule has 0 bridgehead atoms. The Morgan fingerprint density at radius 1 is 0.722 bits per heavy atom. The zero-order valence-electron chi connectivity index (χ0n) is 11.4. The molecule has 0 atom stereocenters. The van der Waals surface area contributed by atoms with Gasteiger partial charge in [-0.25, -0.2) is 0 Å². The maximum absolute atomic E-state index is 3.30. The van der Waals surface area contributed by atoms with Gasteiger partial charge in [0.15, 0.2) is 0 Å². The molecule has 1 nitrogen and oxygen atoms in total. The monoisotopic (exact) mass is 255 g/mol. The fourth-order valence-corrected chi connectivity index (χ4v) is 2.27. The summed E-state index contributed by atoms with van der Waals surface area (Å²) in [6, 6.07) is 20.3. The largest absolute Gasteiger partial charge is 0.356 e. The van der Waals surface area contributed by atoms with Gasteiger partial charge in [-0.15, -0.1) is 10.6 Å². The molecule has 94 valence electrons. The number of hydrogen-bond donors (Lipinski definition) is 1. The predicted octanol–water partition coefficient (Wildman–Crippen LogP) is 4.73. The van der Waals surface area contributed by atoms with Crippen LogP contribution in [0.1, 0.15) is 13.8 Å². The number of hydrogen-bond acceptors (Lipinski definition) is 1. The van der Waals surface area contributed by atoms with Crippen molar-refractivity contribution in [3.63, 3.8) is 0 Å². The molecule has 0 amide bonds. The normalized spacial score (nSPS) is 9.00. The van der Waals surface area contributed by atoms with E-state index in [4.69, 9.17) is 0 Å². The average Bonchev–Trinajstić information content (AvgIpc) is 2.43. The lowest BCUT2D eigenvalue weighted by Gasteiger charge is -2.04. The van der Waals surface area contributed by atoms with Crippen molar-refractivity contribution in [2.24, 2.45) is 0 Å². The number of nitrogens with one attached hydrogen (secondary N) is 1. The minimum Gasteiger partial charge on any atom is -0.356 e. The van der Waals surface area contributed by atoms with E-state index in [0.29, 0.717) is 15.2 Å². The van der Waals surface area contributed by atoms with Gasteiger partial charge >= 0.3 is 0 Å². The SMILES string of the molecule is C[CH2][AlH][CH2]C.c1ccc(Nc2ccccc2)cc1. The van der Waals surface area contributed by atoms with Gasteiger partial charge in [0.25, 0.3) is 0 Å². The molecule has 0 aliphatic heterocycles. The lowest BCUT2D eigenvalue weighted by molar-refractivity contribution is 1.36. The summed E-state index contributed by atoms with van der Waals surface area (Å²) >= 11 is 0.432. The van der Waals surface area contributed by atoms with Crippen molar-refractivity contribution in [1.29, 1.82) is 0 Å². The van der Waals surface area contributed by atoms with Crippen LogP contribution in [0, 0.1) is 0 Å². The number of para-hydroxylation sites is 2. The smallest absolute Gasteiger partial charge is 0.236 e. The van der Waals surface area contributed by atoms with E-state index in [1.165, 1.54) is 10.6 Å². The summed E-state index contributed by atoms with van der Waals surface area (Å²) in [5.74, 6) is 0. The van der Waals surface area contributed by atoms with E-state index < -0.39 is 0 Å². The van der Waals surface area contributed by atoms with E-state index in [9.17, 15) is 0 Å². The Labute approximate surface area is 117 Å². The maximum Gasteiger partial charge on any atom is 0.236 e. The third-order valence-electron chi connectivity index (χ3n) is 2.54. The first-order chi connectivity index (χ1) is 8.86. The van der Waals surface area contributed by atoms with E-state index in [-0.39, 0.29) is 0 Å². The zero-order chi connectivity index (χ0) is 13.1. The molecule has 2 heteroatoms. The van der Waals surface area contributed by atoms with Crippen molar-refractivity contribution >= 4 is 26.6 Å². The van der Waals surface area contributed by atoms with Gasteiger partial charge in [0.2, 0.25) is 15.2 Å². The number of benzene rings is 2. The molecule has 0 unspecified atom stereocenters. The number of rotatable bonds is 4.